The summed E-state index contributed by atoms with van der Waals surface area (Å²) < 4.78 is 0. The second-order valence-corrected chi connectivity index (χ2v) is 24.6. The van der Waals surface area contributed by atoms with Crippen LogP contribution < -0.4 is 26.2 Å². The van der Waals surface area contributed by atoms with E-state index in [-0.39, 0.29) is 28.4 Å². The summed E-state index contributed by atoms with van der Waals surface area (Å²) in [6.07, 6.45) is 0. The SMILES string of the molecule is Cc1cc(C)c(-c2cc3c4c(c2)N(c2cc(C(C)(C)C)cc(C(C)(C)C)c2)c2ccc(-c5ccccc5)cc2B4c2cc(-c4ccccc4)ccc2N3c2cc(C(C)(C)C)cc(C(C)(C)C)c2)c(C)c1. The summed E-state index contributed by atoms with van der Waals surface area (Å²) in [5.41, 5.74) is 27.6. The van der Waals surface area contributed by atoms with Crippen molar-refractivity contribution in [2.24, 2.45) is 0 Å². The molecule has 0 fully saturated rings. The summed E-state index contributed by atoms with van der Waals surface area (Å²) in [7, 11) is 0. The Labute approximate surface area is 420 Å². The maximum absolute atomic E-state index is 2.64. The number of nitrogens with zero attached hydrogens (tertiary/aromatic N) is 2. The number of anilines is 6. The average Bonchev–Trinajstić information content (AvgIpc) is 3.30. The summed E-state index contributed by atoms with van der Waals surface area (Å²) in [5, 5.41) is 0. The van der Waals surface area contributed by atoms with Crippen LogP contribution in [0.3, 0.4) is 0 Å². The van der Waals surface area contributed by atoms with Gasteiger partial charge >= 0.3 is 0 Å². The molecule has 0 bridgehead atoms. The van der Waals surface area contributed by atoms with E-state index in [0.717, 1.165) is 0 Å². The minimum absolute atomic E-state index is 0.0649. The molecular weight excluding hydrogens is 844 g/mol. The Morgan fingerprint density at radius 3 is 1.03 bits per heavy atom. The molecule has 0 amide bonds. The van der Waals surface area contributed by atoms with E-state index in [1.165, 1.54) is 123 Å². The molecule has 0 spiro atoms. The monoisotopic (exact) mass is 915 g/mol. The molecule has 3 heteroatoms. The van der Waals surface area contributed by atoms with Gasteiger partial charge in [0.1, 0.15) is 0 Å². The number of benzene rings is 8. The van der Waals surface area contributed by atoms with E-state index in [0.29, 0.717) is 0 Å². The van der Waals surface area contributed by atoms with E-state index in [9.17, 15) is 0 Å². The number of fused-ring (bicyclic) bond motifs is 4. The normalized spacial score (nSPS) is 13.6. The smallest absolute Gasteiger partial charge is 0.252 e. The van der Waals surface area contributed by atoms with Crippen molar-refractivity contribution in [1.29, 1.82) is 0 Å². The first kappa shape index (κ1) is 47.1. The molecule has 8 aromatic carbocycles. The Morgan fingerprint density at radius 2 is 0.686 bits per heavy atom. The summed E-state index contributed by atoms with van der Waals surface area (Å²) in [5.74, 6) is 0. The van der Waals surface area contributed by atoms with E-state index in [2.05, 4.69) is 271 Å². The van der Waals surface area contributed by atoms with Crippen LogP contribution in [0.5, 0.6) is 0 Å². The molecule has 0 N–H and O–H groups in total. The van der Waals surface area contributed by atoms with Crippen LogP contribution >= 0.6 is 0 Å². The molecular formula is C67H71BN2. The average molecular weight is 915 g/mol. The first-order valence-corrected chi connectivity index (χ1v) is 25.5. The van der Waals surface area contributed by atoms with Crippen LogP contribution in [-0.4, -0.2) is 6.71 Å². The lowest BCUT2D eigenvalue weighted by molar-refractivity contribution is 0.568. The molecule has 0 radical (unpaired) electrons. The van der Waals surface area contributed by atoms with Crippen molar-refractivity contribution in [2.75, 3.05) is 9.80 Å². The second kappa shape index (κ2) is 16.8. The van der Waals surface area contributed by atoms with Crippen LogP contribution in [-0.2, 0) is 21.7 Å². The van der Waals surface area contributed by atoms with Crippen LogP contribution in [0.25, 0.3) is 33.4 Å². The van der Waals surface area contributed by atoms with Gasteiger partial charge in [-0.25, -0.2) is 0 Å². The van der Waals surface area contributed by atoms with E-state index < -0.39 is 0 Å². The molecule has 0 saturated carbocycles. The molecule has 70 heavy (non-hydrogen) atoms. The van der Waals surface area contributed by atoms with Gasteiger partial charge in [-0.3, -0.25) is 0 Å². The van der Waals surface area contributed by atoms with Crippen LogP contribution in [0.4, 0.5) is 34.1 Å². The zero-order valence-electron chi connectivity index (χ0n) is 44.5. The highest BCUT2D eigenvalue weighted by Gasteiger charge is 2.45. The van der Waals surface area contributed by atoms with Gasteiger partial charge in [-0.15, -0.1) is 0 Å². The minimum atomic E-state index is -0.0713. The molecule has 0 unspecified atom stereocenters. The first-order valence-electron chi connectivity index (χ1n) is 25.5. The Balaban J connectivity index is 1.40. The van der Waals surface area contributed by atoms with Crippen LogP contribution in [0.1, 0.15) is 122 Å². The summed E-state index contributed by atoms with van der Waals surface area (Å²) in [6, 6.07) is 61.1. The third-order valence-electron chi connectivity index (χ3n) is 15.1. The Hall–Kier alpha value is -6.58. The predicted molar refractivity (Wildman–Crippen MR) is 306 cm³/mol. The largest absolute Gasteiger partial charge is 0.311 e. The number of hydrogen-bond acceptors (Lipinski definition) is 2. The third kappa shape index (κ3) is 8.40. The highest BCUT2D eigenvalue weighted by molar-refractivity contribution is 7.00. The van der Waals surface area contributed by atoms with Crippen molar-refractivity contribution in [3.8, 4) is 33.4 Å². The molecule has 0 saturated heterocycles. The molecule has 10 rings (SSSR count). The molecule has 2 aliphatic rings. The fourth-order valence-electron chi connectivity index (χ4n) is 11.2. The Bertz CT molecular complexity index is 3050. The van der Waals surface area contributed by atoms with Gasteiger partial charge in [-0.05, 0) is 174 Å². The zero-order valence-corrected chi connectivity index (χ0v) is 44.5. The topological polar surface area (TPSA) is 6.48 Å². The lowest BCUT2D eigenvalue weighted by atomic mass is 9.33. The van der Waals surface area contributed by atoms with Crippen molar-refractivity contribution in [1.82, 2.24) is 0 Å². The van der Waals surface area contributed by atoms with Gasteiger partial charge in [-0.1, -0.05) is 198 Å². The Kier molecular flexibility index (Phi) is 11.3. The quantitative estimate of drug-likeness (QED) is 0.159. The van der Waals surface area contributed by atoms with Gasteiger partial charge in [0.25, 0.3) is 6.71 Å². The predicted octanol–water partition coefficient (Wildman–Crippen LogP) is 16.9. The molecule has 2 nitrogen and oxygen atoms in total. The van der Waals surface area contributed by atoms with Gasteiger partial charge in [-0.2, -0.15) is 0 Å². The second-order valence-electron chi connectivity index (χ2n) is 24.6. The highest BCUT2D eigenvalue weighted by Crippen LogP contribution is 2.50. The van der Waals surface area contributed by atoms with E-state index in [1.807, 2.05) is 0 Å². The lowest BCUT2D eigenvalue weighted by Crippen LogP contribution is -2.61. The van der Waals surface area contributed by atoms with Gasteiger partial charge in [0, 0.05) is 34.1 Å². The van der Waals surface area contributed by atoms with Crippen molar-refractivity contribution in [3.05, 3.63) is 197 Å². The molecule has 0 aliphatic carbocycles. The van der Waals surface area contributed by atoms with Gasteiger partial charge < -0.3 is 9.80 Å². The lowest BCUT2D eigenvalue weighted by Gasteiger charge is -2.45. The highest BCUT2D eigenvalue weighted by atomic mass is 15.2. The maximum Gasteiger partial charge on any atom is 0.252 e. The van der Waals surface area contributed by atoms with Crippen LogP contribution in [0.15, 0.2) is 158 Å². The number of rotatable bonds is 5. The van der Waals surface area contributed by atoms with Gasteiger partial charge in [0.2, 0.25) is 0 Å². The standard InChI is InChI=1S/C67H71BN2/c1-42-30-43(2)62(44(3)31-42)49-34-60-63-61(35-49)70(55-40-52(66(10,11)12)37-53(41-55)67(13,14)15)59-29-27-48(46-24-20-17-21-25-46)33-57(59)68(63)56-32-47(45-22-18-16-19-23-45)26-28-58(56)69(60)54-38-50(64(4,5)6)36-51(39-54)65(7,8)9/h16-41H,1-15H3. The molecule has 2 aliphatic heterocycles. The van der Waals surface area contributed by atoms with Crippen molar-refractivity contribution in [2.45, 2.75) is 126 Å². The van der Waals surface area contributed by atoms with E-state index >= 15 is 0 Å². The number of hydrogen-bond donors (Lipinski definition) is 0. The summed E-state index contributed by atoms with van der Waals surface area (Å²) in [4.78, 5) is 5.28. The maximum atomic E-state index is 2.64. The molecule has 0 atom stereocenters. The first-order chi connectivity index (χ1) is 33.0. The van der Waals surface area contributed by atoms with E-state index in [4.69, 9.17) is 0 Å². The van der Waals surface area contributed by atoms with Crippen LogP contribution in [0.2, 0.25) is 0 Å². The van der Waals surface area contributed by atoms with E-state index in [1.54, 1.807) is 0 Å². The van der Waals surface area contributed by atoms with Crippen molar-refractivity contribution < 1.29 is 0 Å². The van der Waals surface area contributed by atoms with Crippen LogP contribution in [0, 0.1) is 20.8 Å². The van der Waals surface area contributed by atoms with Crippen molar-refractivity contribution >= 4 is 57.2 Å². The zero-order chi connectivity index (χ0) is 49.8. The fourth-order valence-corrected chi connectivity index (χ4v) is 11.2. The third-order valence-corrected chi connectivity index (χ3v) is 15.1. The summed E-state index contributed by atoms with van der Waals surface area (Å²) >= 11 is 0. The van der Waals surface area contributed by atoms with Gasteiger partial charge in [0.15, 0.2) is 0 Å². The van der Waals surface area contributed by atoms with Crippen molar-refractivity contribution in [3.63, 3.8) is 0 Å². The van der Waals surface area contributed by atoms with Gasteiger partial charge in [0.05, 0.1) is 0 Å². The molecule has 2 heterocycles. The fraction of sp³-hybridized carbons (Fsp3) is 0.284. The molecule has 352 valence electrons. The number of aryl methyl sites for hydroxylation is 3. The molecule has 8 aromatic rings. The minimum Gasteiger partial charge on any atom is -0.311 e. The summed E-state index contributed by atoms with van der Waals surface area (Å²) in [6.45, 7) is 35.0. The Morgan fingerprint density at radius 1 is 0.329 bits per heavy atom. The molecule has 0 aromatic heterocycles.